The molecule has 0 fully saturated rings. The minimum absolute atomic E-state index is 0.0823. The van der Waals surface area contributed by atoms with E-state index < -0.39 is 0 Å². The van der Waals surface area contributed by atoms with Gasteiger partial charge in [0.1, 0.15) is 17.5 Å². The predicted molar refractivity (Wildman–Crippen MR) is 106 cm³/mol. The topological polar surface area (TPSA) is 47.8 Å². The number of aromatic nitrogens is 3. The van der Waals surface area contributed by atoms with Crippen LogP contribution in [-0.4, -0.2) is 20.5 Å². The largest absolute Gasteiger partial charge is 0.292 e. The third-order valence-electron chi connectivity index (χ3n) is 5.19. The summed E-state index contributed by atoms with van der Waals surface area (Å²) in [6, 6.07) is 6.49. The number of carbonyl (C=O) groups is 1. The minimum atomic E-state index is -0.272. The molecule has 0 saturated carbocycles. The Balaban J connectivity index is 1.74. The van der Waals surface area contributed by atoms with E-state index in [0.717, 1.165) is 47.1 Å². The van der Waals surface area contributed by atoms with Crippen LogP contribution in [0.2, 0.25) is 0 Å². The quantitative estimate of drug-likeness (QED) is 0.596. The van der Waals surface area contributed by atoms with Gasteiger partial charge >= 0.3 is 0 Å². The lowest BCUT2D eigenvalue weighted by atomic mass is 9.90. The monoisotopic (exact) mass is 429 g/mol. The molecule has 0 radical (unpaired) electrons. The van der Waals surface area contributed by atoms with Crippen molar-refractivity contribution < 1.29 is 9.18 Å². The van der Waals surface area contributed by atoms with Crippen LogP contribution in [0.1, 0.15) is 62.2 Å². The Hall–Kier alpha value is -2.08. The molecule has 1 aliphatic carbocycles. The third kappa shape index (κ3) is 3.43. The Morgan fingerprint density at radius 3 is 2.93 bits per heavy atom. The molecule has 1 unspecified atom stereocenters. The van der Waals surface area contributed by atoms with Crippen LogP contribution in [0.5, 0.6) is 0 Å². The molecule has 2 aromatic rings. The van der Waals surface area contributed by atoms with Crippen LogP contribution in [0.4, 0.5) is 4.39 Å². The highest BCUT2D eigenvalue weighted by Gasteiger charge is 2.39. The number of ketones is 1. The number of benzene rings is 1. The van der Waals surface area contributed by atoms with E-state index in [2.05, 4.69) is 39.1 Å². The summed E-state index contributed by atoms with van der Waals surface area (Å²) in [4.78, 5) is 12.8. The van der Waals surface area contributed by atoms with Crippen molar-refractivity contribution in [1.82, 2.24) is 14.8 Å². The summed E-state index contributed by atoms with van der Waals surface area (Å²) in [5, 5.41) is 8.80. The van der Waals surface area contributed by atoms with Crippen molar-refractivity contribution in [3.63, 3.8) is 0 Å². The molecule has 140 valence electrons. The van der Waals surface area contributed by atoms with Crippen molar-refractivity contribution in [2.75, 3.05) is 0 Å². The fraction of sp³-hybridized carbons (Fsp3) is 0.381. The third-order valence-corrected chi connectivity index (χ3v) is 5.70. The molecule has 4 rings (SSSR count). The van der Waals surface area contributed by atoms with Crippen LogP contribution < -0.4 is 0 Å². The molecule has 1 aliphatic heterocycles. The second-order valence-electron chi connectivity index (χ2n) is 7.16. The van der Waals surface area contributed by atoms with Gasteiger partial charge in [-0.2, -0.15) is 0 Å². The molecule has 4 nitrogen and oxygen atoms in total. The number of nitrogens with zero attached hydrogens (tertiary/aromatic N) is 3. The molecule has 27 heavy (non-hydrogen) atoms. The molecule has 0 bridgehead atoms. The number of allylic oxidation sites excluding steroid dienone is 4. The van der Waals surface area contributed by atoms with Crippen LogP contribution in [0.15, 0.2) is 40.4 Å². The van der Waals surface area contributed by atoms with Crippen molar-refractivity contribution in [2.24, 2.45) is 0 Å². The molecule has 1 aromatic carbocycles. The van der Waals surface area contributed by atoms with Gasteiger partial charge in [-0.25, -0.2) is 4.39 Å². The average Bonchev–Trinajstić information content (AvgIpc) is 3.14. The molecule has 0 spiro atoms. The fourth-order valence-electron chi connectivity index (χ4n) is 3.97. The maximum absolute atomic E-state index is 13.6. The fourth-order valence-corrected chi connectivity index (χ4v) is 4.47. The Kier molecular flexibility index (Phi) is 5.08. The number of rotatable bonds is 6. The number of unbranched alkanes of at least 4 members (excludes halogenated alkanes) is 2. The summed E-state index contributed by atoms with van der Waals surface area (Å²) in [5.41, 5.74) is 2.56. The lowest BCUT2D eigenvalue weighted by Crippen LogP contribution is -2.13. The zero-order valence-electron chi connectivity index (χ0n) is 15.2. The van der Waals surface area contributed by atoms with Gasteiger partial charge < -0.3 is 0 Å². The first-order valence-electron chi connectivity index (χ1n) is 9.41. The molecule has 2 heterocycles. The zero-order chi connectivity index (χ0) is 19.0. The first-order chi connectivity index (χ1) is 13.1. The first kappa shape index (κ1) is 18.3. The smallest absolute Gasteiger partial charge is 0.184 e. The van der Waals surface area contributed by atoms with Crippen molar-refractivity contribution in [1.29, 1.82) is 0 Å². The number of hydrogen-bond acceptors (Lipinski definition) is 3. The highest BCUT2D eigenvalue weighted by Crippen LogP contribution is 2.45. The summed E-state index contributed by atoms with van der Waals surface area (Å²) in [6.45, 7) is 2.18. The molecular formula is C21H21BrFN3O. The van der Waals surface area contributed by atoms with Crippen molar-refractivity contribution in [3.05, 3.63) is 63.4 Å². The molecule has 0 saturated heterocycles. The summed E-state index contributed by atoms with van der Waals surface area (Å²) in [5.74, 6) is 1.44. The Morgan fingerprint density at radius 2 is 2.15 bits per heavy atom. The number of carbonyl (C=O) groups excluding carboxylic acids is 1. The molecule has 1 atom stereocenters. The molecular weight excluding hydrogens is 409 g/mol. The summed E-state index contributed by atoms with van der Waals surface area (Å²) in [6.07, 6.45) is 7.22. The van der Waals surface area contributed by atoms with Gasteiger partial charge in [-0.05, 0) is 35.8 Å². The highest BCUT2D eigenvalue weighted by atomic mass is 79.9. The zero-order valence-corrected chi connectivity index (χ0v) is 16.8. The molecule has 6 heteroatoms. The minimum Gasteiger partial charge on any atom is -0.292 e. The molecule has 2 aliphatic rings. The van der Waals surface area contributed by atoms with E-state index in [1.54, 1.807) is 6.07 Å². The molecule has 1 aromatic heterocycles. The number of halogens is 2. The van der Waals surface area contributed by atoms with Crippen molar-refractivity contribution in [3.8, 4) is 0 Å². The molecule has 0 amide bonds. The van der Waals surface area contributed by atoms with E-state index in [1.807, 2.05) is 10.6 Å². The number of hydrogen-bond donors (Lipinski definition) is 0. The van der Waals surface area contributed by atoms with Crippen LogP contribution in [0.25, 0.3) is 5.70 Å². The van der Waals surface area contributed by atoms with Gasteiger partial charge in [-0.3, -0.25) is 9.36 Å². The van der Waals surface area contributed by atoms with Crippen LogP contribution in [0.3, 0.4) is 0 Å². The number of fused-ring (bicyclic) bond motifs is 2. The van der Waals surface area contributed by atoms with Crippen molar-refractivity contribution >= 4 is 27.4 Å². The molecule has 0 N–H and O–H groups in total. The van der Waals surface area contributed by atoms with Gasteiger partial charge in [0, 0.05) is 23.2 Å². The van der Waals surface area contributed by atoms with Gasteiger partial charge in [0.25, 0.3) is 0 Å². The van der Waals surface area contributed by atoms with E-state index in [4.69, 9.17) is 0 Å². The Morgan fingerprint density at radius 1 is 1.30 bits per heavy atom. The average molecular weight is 430 g/mol. The summed E-state index contributed by atoms with van der Waals surface area (Å²) in [7, 11) is 0. The van der Waals surface area contributed by atoms with Crippen molar-refractivity contribution in [2.45, 2.75) is 51.4 Å². The van der Waals surface area contributed by atoms with Crippen LogP contribution >= 0.6 is 15.9 Å². The second-order valence-corrected chi connectivity index (χ2v) is 8.18. The Bertz CT molecular complexity index is 960. The van der Waals surface area contributed by atoms with Crippen LogP contribution in [-0.2, 0) is 11.2 Å². The van der Waals surface area contributed by atoms with E-state index in [9.17, 15) is 9.18 Å². The second kappa shape index (κ2) is 7.50. The van der Waals surface area contributed by atoms with Gasteiger partial charge in [-0.1, -0.05) is 54.2 Å². The summed E-state index contributed by atoms with van der Waals surface area (Å²) >= 11 is 3.51. The van der Waals surface area contributed by atoms with E-state index >= 15 is 0 Å². The lowest BCUT2D eigenvalue weighted by molar-refractivity contribution is -0.113. The van der Waals surface area contributed by atoms with Gasteiger partial charge in [-0.15, -0.1) is 10.2 Å². The van der Waals surface area contributed by atoms with Crippen LogP contribution in [0, 0.1) is 5.82 Å². The van der Waals surface area contributed by atoms with E-state index in [0.29, 0.717) is 24.4 Å². The Labute approximate surface area is 166 Å². The maximum Gasteiger partial charge on any atom is 0.184 e. The van der Waals surface area contributed by atoms with E-state index in [-0.39, 0.29) is 17.5 Å². The van der Waals surface area contributed by atoms with E-state index in [1.165, 1.54) is 12.1 Å². The standard InChI is InChI=1S/C21H21BrFN3O/c1-2-3-4-8-16-17-11-14(22)12-18(27)20(17)26-19(24-25-21(16)26)10-13-6-5-7-15(23)9-13/h5-7,9,11,16H,2-4,8,10,12H2,1H3. The van der Waals surface area contributed by atoms with Gasteiger partial charge in [0.15, 0.2) is 5.78 Å². The number of Topliss-reactive ketones (excluding diaryl/α,β-unsaturated/α-hetero) is 1. The lowest BCUT2D eigenvalue weighted by Gasteiger charge is -2.15. The SMILES string of the molecule is CCCCCC1C2=C(C(=O)CC(Br)=C2)n2c(Cc3cccc(F)c3)nnc21. The normalized spacial score (nSPS) is 18.6. The van der Waals surface area contributed by atoms with Gasteiger partial charge in [0.2, 0.25) is 0 Å². The highest BCUT2D eigenvalue weighted by molar-refractivity contribution is 9.11. The maximum atomic E-state index is 13.6. The summed E-state index contributed by atoms with van der Waals surface area (Å²) < 4.78 is 16.4. The first-order valence-corrected chi connectivity index (χ1v) is 10.2. The van der Waals surface area contributed by atoms with Gasteiger partial charge in [0.05, 0.1) is 5.70 Å². The predicted octanol–water partition coefficient (Wildman–Crippen LogP) is 5.15.